The Kier molecular flexibility index (Phi) is 5.66. The number of H-pyrrole nitrogens is 1. The lowest BCUT2D eigenvalue weighted by Crippen LogP contribution is -2.52. The molecule has 1 aliphatic heterocycles. The zero-order valence-corrected chi connectivity index (χ0v) is 19.3. The summed E-state index contributed by atoms with van der Waals surface area (Å²) in [5, 5.41) is 3.12. The van der Waals surface area contributed by atoms with E-state index in [-0.39, 0.29) is 40.0 Å². The number of halogens is 4. The Morgan fingerprint density at radius 1 is 1.17 bits per heavy atom. The Balaban J connectivity index is 1.61. The summed E-state index contributed by atoms with van der Waals surface area (Å²) >= 11 is 0. The Hall–Kier alpha value is -3.60. The number of piperidine rings is 1. The number of aromatic amines is 1. The molecule has 11 heteroatoms. The topological polar surface area (TPSA) is 75.3 Å². The number of anilines is 2. The molecular formula is C24H23F4N5O2. The molecule has 0 saturated carbocycles. The number of aryl methyl sites for hydroxylation is 1. The predicted octanol–water partition coefficient (Wildman–Crippen LogP) is 5.17. The van der Waals surface area contributed by atoms with Crippen LogP contribution in [0.4, 0.5) is 29.1 Å². The molecule has 3 heterocycles. The van der Waals surface area contributed by atoms with Crippen molar-refractivity contribution in [3.05, 3.63) is 47.9 Å². The molecule has 0 aliphatic carbocycles. The second-order valence-corrected chi connectivity index (χ2v) is 8.72. The minimum absolute atomic E-state index is 0.0520. The summed E-state index contributed by atoms with van der Waals surface area (Å²) in [6.07, 6.45) is -0.0664. The smallest absolute Gasteiger partial charge is 0.296 e. The van der Waals surface area contributed by atoms with E-state index in [4.69, 9.17) is 9.47 Å². The SMILES string of the molecule is COc1cc(O[C@H]2CCN(C)CC2(F)F)c2c(Nc3cc(F)c4[nH]c(C)cc4c3F)ncnc2c1. The zero-order chi connectivity index (χ0) is 24.9. The minimum atomic E-state index is -3.10. The molecule has 35 heavy (non-hydrogen) atoms. The number of hydrogen-bond donors (Lipinski definition) is 2. The van der Waals surface area contributed by atoms with Crippen LogP contribution in [-0.4, -0.2) is 59.1 Å². The number of fused-ring (bicyclic) bond motifs is 2. The van der Waals surface area contributed by atoms with Crippen LogP contribution < -0.4 is 14.8 Å². The third-order valence-electron chi connectivity index (χ3n) is 6.09. The summed E-state index contributed by atoms with van der Waals surface area (Å²) in [5.41, 5.74) is 0.813. The second kappa shape index (κ2) is 8.56. The molecule has 0 unspecified atom stereocenters. The molecule has 0 radical (unpaired) electrons. The number of methoxy groups -OCH3 is 1. The number of hydrogen-bond acceptors (Lipinski definition) is 6. The normalized spacial score (nSPS) is 18.2. The van der Waals surface area contributed by atoms with Crippen molar-refractivity contribution in [3.63, 3.8) is 0 Å². The summed E-state index contributed by atoms with van der Waals surface area (Å²) in [6.45, 7) is 1.69. The van der Waals surface area contributed by atoms with E-state index in [1.807, 2.05) is 0 Å². The third-order valence-corrected chi connectivity index (χ3v) is 6.09. The molecule has 4 aromatic rings. The van der Waals surface area contributed by atoms with E-state index < -0.39 is 30.2 Å². The predicted molar refractivity (Wildman–Crippen MR) is 124 cm³/mol. The first-order valence-electron chi connectivity index (χ1n) is 11.0. The number of ether oxygens (including phenoxy) is 2. The van der Waals surface area contributed by atoms with Gasteiger partial charge in [-0.3, -0.25) is 0 Å². The summed E-state index contributed by atoms with van der Waals surface area (Å²) in [5.74, 6) is -3.97. The monoisotopic (exact) mass is 489 g/mol. The second-order valence-electron chi connectivity index (χ2n) is 8.72. The van der Waals surface area contributed by atoms with Gasteiger partial charge in [0.15, 0.2) is 11.9 Å². The lowest BCUT2D eigenvalue weighted by molar-refractivity contribution is -0.134. The first kappa shape index (κ1) is 23.2. The van der Waals surface area contributed by atoms with Crippen molar-refractivity contribution in [2.75, 3.05) is 32.6 Å². The van der Waals surface area contributed by atoms with E-state index in [0.29, 0.717) is 23.5 Å². The van der Waals surface area contributed by atoms with Crippen molar-refractivity contribution in [1.82, 2.24) is 19.9 Å². The maximum Gasteiger partial charge on any atom is 0.296 e. The van der Waals surface area contributed by atoms with Crippen molar-refractivity contribution < 1.29 is 27.0 Å². The Morgan fingerprint density at radius 3 is 2.71 bits per heavy atom. The average molecular weight is 489 g/mol. The molecule has 184 valence electrons. The average Bonchev–Trinajstić information content (AvgIpc) is 3.21. The summed E-state index contributed by atoms with van der Waals surface area (Å²) in [7, 11) is 3.05. The van der Waals surface area contributed by atoms with Crippen LogP contribution in [0.15, 0.2) is 30.6 Å². The van der Waals surface area contributed by atoms with Crippen LogP contribution in [0.5, 0.6) is 11.5 Å². The van der Waals surface area contributed by atoms with Crippen LogP contribution >= 0.6 is 0 Å². The molecule has 0 amide bonds. The summed E-state index contributed by atoms with van der Waals surface area (Å²) < 4.78 is 70.5. The van der Waals surface area contributed by atoms with Gasteiger partial charge < -0.3 is 24.7 Å². The fourth-order valence-electron chi connectivity index (χ4n) is 4.40. The highest BCUT2D eigenvalue weighted by molar-refractivity contribution is 5.97. The number of nitrogens with one attached hydrogen (secondary N) is 2. The standard InChI is InChI=1S/C24H23F4N5O2/c1-12-6-14-21(26)17(9-15(25)22(14)31-12)32-23-20-16(29-11-30-23)7-13(34-3)8-18(20)35-19-4-5-33(2)10-24(19,27)28/h6-9,11,19,31H,4-5,10H2,1-3H3,(H,29,30,32)/t19-/m0/s1. The lowest BCUT2D eigenvalue weighted by Gasteiger charge is -2.36. The van der Waals surface area contributed by atoms with E-state index >= 15 is 4.39 Å². The van der Waals surface area contributed by atoms with Crippen molar-refractivity contribution in [3.8, 4) is 11.5 Å². The van der Waals surface area contributed by atoms with Crippen LogP contribution in [0, 0.1) is 18.6 Å². The third kappa shape index (κ3) is 4.20. The van der Waals surface area contributed by atoms with Gasteiger partial charge in [0.25, 0.3) is 5.92 Å². The molecule has 2 N–H and O–H groups in total. The fourth-order valence-corrected chi connectivity index (χ4v) is 4.40. The molecular weight excluding hydrogens is 466 g/mol. The van der Waals surface area contributed by atoms with Gasteiger partial charge in [0.1, 0.15) is 29.5 Å². The van der Waals surface area contributed by atoms with E-state index in [1.165, 1.54) is 30.5 Å². The molecule has 1 aliphatic rings. The first-order chi connectivity index (χ1) is 16.7. The molecule has 2 aromatic heterocycles. The van der Waals surface area contributed by atoms with Gasteiger partial charge in [0.2, 0.25) is 0 Å². The molecule has 0 spiro atoms. The highest BCUT2D eigenvalue weighted by Gasteiger charge is 2.45. The van der Waals surface area contributed by atoms with Crippen LogP contribution in [0.1, 0.15) is 12.1 Å². The highest BCUT2D eigenvalue weighted by Crippen LogP contribution is 2.39. The van der Waals surface area contributed by atoms with E-state index in [0.717, 1.165) is 6.07 Å². The van der Waals surface area contributed by atoms with Gasteiger partial charge >= 0.3 is 0 Å². The van der Waals surface area contributed by atoms with Gasteiger partial charge in [-0.2, -0.15) is 0 Å². The van der Waals surface area contributed by atoms with Gasteiger partial charge in [-0.25, -0.2) is 27.5 Å². The molecule has 1 fully saturated rings. The molecule has 2 aromatic carbocycles. The highest BCUT2D eigenvalue weighted by atomic mass is 19.3. The molecule has 5 rings (SSSR count). The van der Waals surface area contributed by atoms with E-state index in [1.54, 1.807) is 20.0 Å². The number of likely N-dealkylation sites (tertiary alicyclic amines) is 1. The van der Waals surface area contributed by atoms with Crippen molar-refractivity contribution in [2.24, 2.45) is 0 Å². The van der Waals surface area contributed by atoms with Crippen LogP contribution in [0.25, 0.3) is 21.8 Å². The molecule has 1 saturated heterocycles. The van der Waals surface area contributed by atoms with Gasteiger partial charge in [-0.15, -0.1) is 0 Å². The number of alkyl halides is 2. The van der Waals surface area contributed by atoms with Gasteiger partial charge in [-0.1, -0.05) is 0 Å². The fraction of sp³-hybridized carbons (Fsp3) is 0.333. The summed E-state index contributed by atoms with van der Waals surface area (Å²) in [6, 6.07) is 5.55. The number of aromatic nitrogens is 3. The summed E-state index contributed by atoms with van der Waals surface area (Å²) in [4.78, 5) is 12.7. The van der Waals surface area contributed by atoms with Crippen molar-refractivity contribution in [2.45, 2.75) is 25.4 Å². The van der Waals surface area contributed by atoms with Crippen LogP contribution in [0.3, 0.4) is 0 Å². The quantitative estimate of drug-likeness (QED) is 0.377. The molecule has 1 atom stereocenters. The van der Waals surface area contributed by atoms with Crippen LogP contribution in [-0.2, 0) is 0 Å². The van der Waals surface area contributed by atoms with Crippen molar-refractivity contribution >= 4 is 33.3 Å². The Bertz CT molecular complexity index is 1420. The number of benzene rings is 2. The zero-order valence-electron chi connectivity index (χ0n) is 19.3. The maximum absolute atomic E-state index is 15.2. The van der Waals surface area contributed by atoms with Gasteiger partial charge in [0, 0.05) is 42.2 Å². The van der Waals surface area contributed by atoms with Gasteiger partial charge in [-0.05, 0) is 20.0 Å². The van der Waals surface area contributed by atoms with E-state index in [9.17, 15) is 13.2 Å². The maximum atomic E-state index is 15.2. The molecule has 0 bridgehead atoms. The van der Waals surface area contributed by atoms with Crippen molar-refractivity contribution in [1.29, 1.82) is 0 Å². The lowest BCUT2D eigenvalue weighted by atomic mass is 10.0. The van der Waals surface area contributed by atoms with Gasteiger partial charge in [0.05, 0.1) is 35.8 Å². The minimum Gasteiger partial charge on any atom is -0.497 e. The van der Waals surface area contributed by atoms with Crippen LogP contribution in [0.2, 0.25) is 0 Å². The molecule has 7 nitrogen and oxygen atoms in total. The Labute approximate surface area is 198 Å². The van der Waals surface area contributed by atoms with E-state index in [2.05, 4.69) is 20.3 Å². The largest absolute Gasteiger partial charge is 0.497 e. The number of nitrogens with zero attached hydrogens (tertiary/aromatic N) is 3. The Morgan fingerprint density at radius 2 is 1.97 bits per heavy atom. The first-order valence-corrected chi connectivity index (χ1v) is 11.0. The number of rotatable bonds is 5.